The molecule has 0 spiro atoms. The van der Waals surface area contributed by atoms with Crippen LogP contribution in [0.5, 0.6) is 0 Å². The van der Waals surface area contributed by atoms with Gasteiger partial charge in [-0.3, -0.25) is 4.72 Å². The van der Waals surface area contributed by atoms with Crippen molar-refractivity contribution in [3.05, 3.63) is 27.8 Å². The highest BCUT2D eigenvalue weighted by Gasteiger charge is 2.27. The van der Waals surface area contributed by atoms with E-state index in [9.17, 15) is 8.42 Å². The van der Waals surface area contributed by atoms with Gasteiger partial charge in [0.25, 0.3) is 0 Å². The van der Waals surface area contributed by atoms with Crippen molar-refractivity contribution >= 4 is 38.5 Å². The van der Waals surface area contributed by atoms with Crippen molar-refractivity contribution in [2.75, 3.05) is 24.4 Å². The summed E-state index contributed by atoms with van der Waals surface area (Å²) in [5, 5.41) is 0. The maximum absolute atomic E-state index is 12.2. The molecule has 1 fully saturated rings. The lowest BCUT2D eigenvalue weighted by atomic mass is 9.99. The van der Waals surface area contributed by atoms with Crippen LogP contribution in [0, 0.1) is 9.49 Å². The Labute approximate surface area is 127 Å². The van der Waals surface area contributed by atoms with Crippen molar-refractivity contribution in [1.29, 1.82) is 0 Å². The molecule has 2 rings (SSSR count). The van der Waals surface area contributed by atoms with E-state index in [1.165, 1.54) is 4.31 Å². The quantitative estimate of drug-likeness (QED) is 0.761. The van der Waals surface area contributed by atoms with Crippen molar-refractivity contribution in [3.63, 3.8) is 0 Å². The largest absolute Gasteiger partial charge is 0.330 e. The van der Waals surface area contributed by atoms with E-state index in [4.69, 9.17) is 5.73 Å². The minimum absolute atomic E-state index is 0.449. The molecule has 0 bridgehead atoms. The highest BCUT2D eigenvalue weighted by atomic mass is 127. The molecule has 1 aliphatic rings. The Morgan fingerprint density at radius 1 is 1.26 bits per heavy atom. The van der Waals surface area contributed by atoms with E-state index >= 15 is 0 Å². The number of anilines is 1. The molecule has 0 aliphatic carbocycles. The molecule has 7 heteroatoms. The van der Waals surface area contributed by atoms with Crippen LogP contribution in [0.15, 0.2) is 24.3 Å². The molecule has 0 saturated carbocycles. The molecule has 0 aromatic heterocycles. The molecule has 0 radical (unpaired) electrons. The highest BCUT2D eigenvalue weighted by Crippen LogP contribution is 2.20. The van der Waals surface area contributed by atoms with Crippen LogP contribution in [0.1, 0.15) is 12.8 Å². The van der Waals surface area contributed by atoms with Crippen LogP contribution in [0.25, 0.3) is 0 Å². The summed E-state index contributed by atoms with van der Waals surface area (Å²) in [4.78, 5) is 0. The first-order valence-electron chi connectivity index (χ1n) is 6.25. The van der Waals surface area contributed by atoms with E-state index in [1.807, 2.05) is 12.1 Å². The lowest BCUT2D eigenvalue weighted by Crippen LogP contribution is -2.42. The van der Waals surface area contributed by atoms with Crippen LogP contribution in [0.4, 0.5) is 5.69 Å². The molecule has 19 heavy (non-hydrogen) atoms. The third-order valence-corrected chi connectivity index (χ3v) is 5.60. The first-order valence-corrected chi connectivity index (χ1v) is 8.76. The molecular weight excluding hydrogens is 377 g/mol. The van der Waals surface area contributed by atoms with Gasteiger partial charge in [-0.15, -0.1) is 0 Å². The second kappa shape index (κ2) is 6.38. The summed E-state index contributed by atoms with van der Waals surface area (Å²) in [5.41, 5.74) is 6.21. The van der Waals surface area contributed by atoms with Crippen LogP contribution < -0.4 is 10.5 Å². The number of benzene rings is 1. The van der Waals surface area contributed by atoms with Gasteiger partial charge >= 0.3 is 10.2 Å². The van der Waals surface area contributed by atoms with Gasteiger partial charge in [0, 0.05) is 22.3 Å². The van der Waals surface area contributed by atoms with Gasteiger partial charge in [0.2, 0.25) is 0 Å². The minimum Gasteiger partial charge on any atom is -0.330 e. The lowest BCUT2D eigenvalue weighted by molar-refractivity contribution is 0.280. The highest BCUT2D eigenvalue weighted by molar-refractivity contribution is 14.1. The SMILES string of the molecule is NCC1CCN(S(=O)(=O)Nc2ccc(I)cc2)CC1. The van der Waals surface area contributed by atoms with Crippen LogP contribution in [-0.2, 0) is 10.2 Å². The molecule has 1 aromatic carbocycles. The van der Waals surface area contributed by atoms with Crippen molar-refractivity contribution in [1.82, 2.24) is 4.31 Å². The molecule has 1 saturated heterocycles. The number of rotatable bonds is 4. The monoisotopic (exact) mass is 395 g/mol. The summed E-state index contributed by atoms with van der Waals surface area (Å²) < 4.78 is 29.6. The average molecular weight is 395 g/mol. The number of nitrogens with one attached hydrogen (secondary N) is 1. The number of nitrogens with two attached hydrogens (primary N) is 1. The summed E-state index contributed by atoms with van der Waals surface area (Å²) in [6.45, 7) is 1.72. The third kappa shape index (κ3) is 4.04. The Kier molecular flexibility index (Phi) is 5.04. The van der Waals surface area contributed by atoms with Crippen LogP contribution >= 0.6 is 22.6 Å². The molecule has 0 atom stereocenters. The van der Waals surface area contributed by atoms with Crippen molar-refractivity contribution in [2.24, 2.45) is 11.7 Å². The zero-order chi connectivity index (χ0) is 13.9. The lowest BCUT2D eigenvalue weighted by Gasteiger charge is -2.30. The summed E-state index contributed by atoms with van der Waals surface area (Å²) in [7, 11) is -3.44. The number of hydrogen-bond donors (Lipinski definition) is 2. The average Bonchev–Trinajstić information content (AvgIpc) is 2.41. The summed E-state index contributed by atoms with van der Waals surface area (Å²) >= 11 is 2.18. The van der Waals surface area contributed by atoms with Crippen molar-refractivity contribution < 1.29 is 8.42 Å². The smallest absolute Gasteiger partial charge is 0.301 e. The molecule has 1 aromatic rings. The van der Waals surface area contributed by atoms with Gasteiger partial charge in [-0.2, -0.15) is 12.7 Å². The van der Waals surface area contributed by atoms with E-state index in [0.717, 1.165) is 16.4 Å². The number of nitrogens with zero attached hydrogens (tertiary/aromatic N) is 1. The molecule has 106 valence electrons. The van der Waals surface area contributed by atoms with Crippen LogP contribution in [0.2, 0.25) is 0 Å². The van der Waals surface area contributed by atoms with Gasteiger partial charge in [-0.25, -0.2) is 0 Å². The number of piperidine rings is 1. The first kappa shape index (κ1) is 15.0. The third-order valence-electron chi connectivity index (χ3n) is 3.34. The molecule has 1 aliphatic heterocycles. The standard InChI is InChI=1S/C12H18IN3O2S/c13-11-1-3-12(4-2-11)15-19(17,18)16-7-5-10(9-14)6-8-16/h1-4,10,15H,5-9,14H2. The van der Waals surface area contributed by atoms with Gasteiger partial charge < -0.3 is 5.73 Å². The Morgan fingerprint density at radius 2 is 1.84 bits per heavy atom. The maximum atomic E-state index is 12.2. The maximum Gasteiger partial charge on any atom is 0.301 e. The molecule has 1 heterocycles. The molecule has 0 amide bonds. The number of halogens is 1. The Bertz CT molecular complexity index is 510. The molecule has 5 nitrogen and oxygen atoms in total. The van der Waals surface area contributed by atoms with E-state index in [1.54, 1.807) is 12.1 Å². The predicted molar refractivity (Wildman–Crippen MR) is 85.1 cm³/mol. The normalized spacial score (nSPS) is 18.4. The van der Waals surface area contributed by atoms with Gasteiger partial charge in [-0.1, -0.05) is 0 Å². The summed E-state index contributed by atoms with van der Waals surface area (Å²) in [5.74, 6) is 0.449. The van der Waals surface area contributed by atoms with E-state index in [0.29, 0.717) is 31.2 Å². The van der Waals surface area contributed by atoms with E-state index in [-0.39, 0.29) is 0 Å². The van der Waals surface area contributed by atoms with Gasteiger partial charge in [0.15, 0.2) is 0 Å². The fourth-order valence-electron chi connectivity index (χ4n) is 2.12. The van der Waals surface area contributed by atoms with Crippen molar-refractivity contribution in [2.45, 2.75) is 12.8 Å². The van der Waals surface area contributed by atoms with Crippen LogP contribution in [-0.4, -0.2) is 32.4 Å². The van der Waals surface area contributed by atoms with E-state index < -0.39 is 10.2 Å². The molecule has 3 N–H and O–H groups in total. The zero-order valence-electron chi connectivity index (χ0n) is 10.5. The summed E-state index contributed by atoms with van der Waals surface area (Å²) in [6, 6.07) is 7.29. The Hall–Kier alpha value is -0.380. The second-order valence-electron chi connectivity index (χ2n) is 4.69. The molecule has 0 unspecified atom stereocenters. The minimum atomic E-state index is -3.44. The van der Waals surface area contributed by atoms with Gasteiger partial charge in [0.1, 0.15) is 0 Å². The van der Waals surface area contributed by atoms with Crippen LogP contribution in [0.3, 0.4) is 0 Å². The first-order chi connectivity index (χ1) is 9.01. The van der Waals surface area contributed by atoms with Gasteiger partial charge in [-0.05, 0) is 72.2 Å². The Balaban J connectivity index is 2.01. The van der Waals surface area contributed by atoms with Gasteiger partial charge in [0.05, 0.1) is 0 Å². The van der Waals surface area contributed by atoms with E-state index in [2.05, 4.69) is 27.3 Å². The topological polar surface area (TPSA) is 75.4 Å². The summed E-state index contributed by atoms with van der Waals surface area (Å²) in [6.07, 6.45) is 1.67. The Morgan fingerprint density at radius 3 is 2.37 bits per heavy atom. The zero-order valence-corrected chi connectivity index (χ0v) is 13.5. The fourth-order valence-corrected chi connectivity index (χ4v) is 3.73. The van der Waals surface area contributed by atoms with Crippen molar-refractivity contribution in [3.8, 4) is 0 Å². The predicted octanol–water partition coefficient (Wildman–Crippen LogP) is 1.62. The fraction of sp³-hybridized carbons (Fsp3) is 0.500. The second-order valence-corrected chi connectivity index (χ2v) is 7.61. The number of hydrogen-bond acceptors (Lipinski definition) is 3. The molecular formula is C12H18IN3O2S.